The van der Waals surface area contributed by atoms with Crippen molar-refractivity contribution in [2.75, 3.05) is 19.8 Å². The molecule has 0 saturated carbocycles. The van der Waals surface area contributed by atoms with Crippen LogP contribution in [-0.4, -0.2) is 25.7 Å². The van der Waals surface area contributed by atoms with Crippen LogP contribution in [0.5, 0.6) is 0 Å². The van der Waals surface area contributed by atoms with Crippen molar-refractivity contribution in [3.63, 3.8) is 0 Å². The lowest BCUT2D eigenvalue weighted by Gasteiger charge is -2.15. The fourth-order valence-electron chi connectivity index (χ4n) is 1.62. The molecule has 0 radical (unpaired) electrons. The Morgan fingerprint density at radius 1 is 1.33 bits per heavy atom. The molecule has 100 valence electrons. The first-order valence-electron chi connectivity index (χ1n) is 6.04. The van der Waals surface area contributed by atoms with Crippen molar-refractivity contribution in [2.24, 2.45) is 16.5 Å². The third-order valence-electron chi connectivity index (χ3n) is 2.65. The first kappa shape index (κ1) is 14.4. The number of hydrogen-bond donors (Lipinski definition) is 3. The third-order valence-corrected chi connectivity index (χ3v) is 2.65. The molecule has 1 atom stereocenters. The molecule has 0 amide bonds. The van der Waals surface area contributed by atoms with Crippen LogP contribution in [0.3, 0.4) is 0 Å². The maximum absolute atomic E-state index is 13.0. The highest BCUT2D eigenvalue weighted by Crippen LogP contribution is 2.14. The van der Waals surface area contributed by atoms with Crippen molar-refractivity contribution in [1.82, 2.24) is 5.32 Å². The van der Waals surface area contributed by atoms with Gasteiger partial charge in [0.25, 0.3) is 0 Å². The van der Waals surface area contributed by atoms with Gasteiger partial charge in [-0.25, -0.2) is 4.39 Å². The van der Waals surface area contributed by atoms with Crippen LogP contribution in [0, 0.1) is 6.92 Å². The summed E-state index contributed by atoms with van der Waals surface area (Å²) >= 11 is 0. The zero-order chi connectivity index (χ0) is 13.4. The van der Waals surface area contributed by atoms with E-state index in [1.54, 1.807) is 0 Å². The maximum atomic E-state index is 13.0. The van der Waals surface area contributed by atoms with E-state index in [0.29, 0.717) is 13.1 Å². The second-order valence-electron chi connectivity index (χ2n) is 4.23. The number of alkyl halides is 1. The van der Waals surface area contributed by atoms with Gasteiger partial charge in [-0.3, -0.25) is 4.99 Å². The number of benzene rings is 1. The summed E-state index contributed by atoms with van der Waals surface area (Å²) in [7, 11) is 0. The van der Waals surface area contributed by atoms with Gasteiger partial charge in [-0.2, -0.15) is 0 Å². The molecule has 0 saturated heterocycles. The minimum absolute atomic E-state index is 0.0931. The lowest BCUT2D eigenvalue weighted by molar-refractivity contribution is 0.381. The van der Waals surface area contributed by atoms with Crippen LogP contribution in [0.1, 0.15) is 23.6 Å². The number of nitrogens with two attached hydrogens (primary N) is 2. The highest BCUT2D eigenvalue weighted by Gasteiger charge is 2.09. The van der Waals surface area contributed by atoms with E-state index < -0.39 is 6.67 Å². The Balaban J connectivity index is 2.38. The van der Waals surface area contributed by atoms with Crippen molar-refractivity contribution >= 4 is 5.96 Å². The molecule has 0 aliphatic rings. The standard InChI is InChI=1S/C13H21FN4/c1-10-3-5-11(6-4-10)12(9-14)17-7-2-8-18-13(15)16/h3-6,12,17H,2,7-9H2,1H3,(H4,15,16,18). The molecule has 1 aromatic rings. The van der Waals surface area contributed by atoms with Crippen LogP contribution < -0.4 is 16.8 Å². The SMILES string of the molecule is Cc1ccc(C(CF)NCCCN=C(N)N)cc1. The topological polar surface area (TPSA) is 76.4 Å². The van der Waals surface area contributed by atoms with Crippen LogP contribution in [0.25, 0.3) is 0 Å². The summed E-state index contributed by atoms with van der Waals surface area (Å²) in [5.41, 5.74) is 12.6. The van der Waals surface area contributed by atoms with Gasteiger partial charge in [0.05, 0.1) is 6.04 Å². The van der Waals surface area contributed by atoms with Crippen LogP contribution in [0.15, 0.2) is 29.3 Å². The minimum Gasteiger partial charge on any atom is -0.370 e. The molecule has 0 aliphatic heterocycles. The largest absolute Gasteiger partial charge is 0.370 e. The van der Waals surface area contributed by atoms with Crippen molar-refractivity contribution in [3.8, 4) is 0 Å². The summed E-state index contributed by atoms with van der Waals surface area (Å²) in [4.78, 5) is 3.87. The smallest absolute Gasteiger partial charge is 0.185 e. The van der Waals surface area contributed by atoms with Gasteiger partial charge in [0, 0.05) is 6.54 Å². The fraction of sp³-hybridized carbons (Fsp3) is 0.462. The number of aryl methyl sites for hydroxylation is 1. The Labute approximate surface area is 107 Å². The molecule has 0 bridgehead atoms. The van der Waals surface area contributed by atoms with Crippen LogP contribution in [-0.2, 0) is 0 Å². The summed E-state index contributed by atoms with van der Waals surface area (Å²) in [6.45, 7) is 2.82. The van der Waals surface area contributed by atoms with Crippen molar-refractivity contribution in [2.45, 2.75) is 19.4 Å². The summed E-state index contributed by atoms with van der Waals surface area (Å²) in [5.74, 6) is 0.0931. The third kappa shape index (κ3) is 5.14. The number of halogens is 1. The Hall–Kier alpha value is -1.62. The van der Waals surface area contributed by atoms with Gasteiger partial charge in [-0.1, -0.05) is 29.8 Å². The van der Waals surface area contributed by atoms with E-state index in [2.05, 4.69) is 10.3 Å². The molecule has 5 N–H and O–H groups in total. The second kappa shape index (κ2) is 7.66. The van der Waals surface area contributed by atoms with Gasteiger partial charge in [0.2, 0.25) is 0 Å². The molecule has 0 fully saturated rings. The summed E-state index contributed by atoms with van der Waals surface area (Å²) in [6, 6.07) is 7.61. The van der Waals surface area contributed by atoms with E-state index >= 15 is 0 Å². The lowest BCUT2D eigenvalue weighted by Crippen LogP contribution is -2.26. The van der Waals surface area contributed by atoms with E-state index in [0.717, 1.165) is 12.0 Å². The quantitative estimate of drug-likeness (QED) is 0.388. The van der Waals surface area contributed by atoms with E-state index in [4.69, 9.17) is 11.5 Å². The normalized spacial score (nSPS) is 12.1. The Kier molecular flexibility index (Phi) is 6.14. The van der Waals surface area contributed by atoms with Gasteiger partial charge in [0.1, 0.15) is 6.67 Å². The molecule has 0 spiro atoms. The molecule has 4 nitrogen and oxygen atoms in total. The number of guanidine groups is 1. The number of rotatable bonds is 7. The first-order valence-corrected chi connectivity index (χ1v) is 6.04. The molecular formula is C13H21FN4. The lowest BCUT2D eigenvalue weighted by atomic mass is 10.1. The second-order valence-corrected chi connectivity index (χ2v) is 4.23. The molecule has 0 aromatic heterocycles. The highest BCUT2D eigenvalue weighted by atomic mass is 19.1. The Morgan fingerprint density at radius 2 is 2.00 bits per heavy atom. The zero-order valence-corrected chi connectivity index (χ0v) is 10.7. The Morgan fingerprint density at radius 3 is 2.56 bits per heavy atom. The number of nitrogens with one attached hydrogen (secondary N) is 1. The molecule has 18 heavy (non-hydrogen) atoms. The van der Waals surface area contributed by atoms with Crippen LogP contribution >= 0.6 is 0 Å². The summed E-state index contributed by atoms with van der Waals surface area (Å²) < 4.78 is 13.0. The first-order chi connectivity index (χ1) is 8.63. The van der Waals surface area contributed by atoms with Gasteiger partial charge in [0.15, 0.2) is 5.96 Å². The Bertz CT molecular complexity index is 371. The molecule has 5 heteroatoms. The van der Waals surface area contributed by atoms with Crippen LogP contribution in [0.2, 0.25) is 0 Å². The average Bonchev–Trinajstić information content (AvgIpc) is 2.35. The minimum atomic E-state index is -0.425. The highest BCUT2D eigenvalue weighted by molar-refractivity contribution is 5.75. The molecular weight excluding hydrogens is 231 g/mol. The maximum Gasteiger partial charge on any atom is 0.185 e. The van der Waals surface area contributed by atoms with Crippen molar-refractivity contribution < 1.29 is 4.39 Å². The molecule has 0 aliphatic carbocycles. The number of nitrogens with zero attached hydrogens (tertiary/aromatic N) is 1. The van der Waals surface area contributed by atoms with Gasteiger partial charge in [-0.15, -0.1) is 0 Å². The van der Waals surface area contributed by atoms with E-state index in [-0.39, 0.29) is 12.0 Å². The molecule has 0 heterocycles. The number of hydrogen-bond acceptors (Lipinski definition) is 2. The van der Waals surface area contributed by atoms with Crippen molar-refractivity contribution in [3.05, 3.63) is 35.4 Å². The van der Waals surface area contributed by atoms with Crippen molar-refractivity contribution in [1.29, 1.82) is 0 Å². The molecule has 1 rings (SSSR count). The number of aliphatic imine (C=N–C) groups is 1. The summed E-state index contributed by atoms with van der Waals surface area (Å²) in [5, 5.41) is 3.15. The summed E-state index contributed by atoms with van der Waals surface area (Å²) in [6.07, 6.45) is 0.778. The van der Waals surface area contributed by atoms with E-state index in [1.807, 2.05) is 31.2 Å². The predicted molar refractivity (Wildman–Crippen MR) is 73.2 cm³/mol. The monoisotopic (exact) mass is 252 g/mol. The van der Waals surface area contributed by atoms with Gasteiger partial charge in [-0.05, 0) is 25.5 Å². The predicted octanol–water partition coefficient (Wildman–Crippen LogP) is 1.26. The fourth-order valence-corrected chi connectivity index (χ4v) is 1.62. The van der Waals surface area contributed by atoms with E-state index in [9.17, 15) is 4.39 Å². The van der Waals surface area contributed by atoms with Gasteiger partial charge < -0.3 is 16.8 Å². The molecule has 1 aromatic carbocycles. The molecule has 1 unspecified atom stereocenters. The van der Waals surface area contributed by atoms with Gasteiger partial charge >= 0.3 is 0 Å². The van der Waals surface area contributed by atoms with Crippen LogP contribution in [0.4, 0.5) is 4.39 Å². The van der Waals surface area contributed by atoms with E-state index in [1.165, 1.54) is 5.56 Å². The zero-order valence-electron chi connectivity index (χ0n) is 10.7. The average molecular weight is 252 g/mol.